The van der Waals surface area contributed by atoms with Gasteiger partial charge in [-0.05, 0) is 45.2 Å². The average molecular weight is 311 g/mol. The van der Waals surface area contributed by atoms with Gasteiger partial charge in [-0.25, -0.2) is 4.98 Å². The van der Waals surface area contributed by atoms with E-state index >= 15 is 0 Å². The lowest BCUT2D eigenvalue weighted by molar-refractivity contribution is -0.118. The van der Waals surface area contributed by atoms with Crippen LogP contribution >= 0.6 is 0 Å². The third-order valence-corrected chi connectivity index (χ3v) is 4.41. The predicted molar refractivity (Wildman–Crippen MR) is 89.7 cm³/mol. The van der Waals surface area contributed by atoms with Crippen LogP contribution < -0.4 is 10.5 Å². The molecule has 1 aliphatic heterocycles. The van der Waals surface area contributed by atoms with Crippen molar-refractivity contribution < 1.29 is 4.79 Å². The first-order valence-corrected chi connectivity index (χ1v) is 7.93. The Morgan fingerprint density at radius 3 is 2.83 bits per heavy atom. The van der Waals surface area contributed by atoms with Crippen molar-refractivity contribution in [2.45, 2.75) is 46.1 Å². The molecule has 2 aromatic rings. The van der Waals surface area contributed by atoms with Gasteiger partial charge in [0.1, 0.15) is 5.82 Å². The molecule has 0 spiro atoms. The largest absolute Gasteiger partial charge is 0.311 e. The summed E-state index contributed by atoms with van der Waals surface area (Å²) in [5.74, 6) is 0.659. The molecule has 1 atom stereocenters. The molecule has 23 heavy (non-hydrogen) atoms. The van der Waals surface area contributed by atoms with E-state index in [0.717, 1.165) is 12.1 Å². The Labute approximate surface area is 135 Å². The second-order valence-corrected chi connectivity index (χ2v) is 6.16. The molecule has 1 aromatic carbocycles. The number of aromatic nitrogens is 2. The minimum absolute atomic E-state index is 0.0572. The van der Waals surface area contributed by atoms with Gasteiger partial charge in [-0.15, -0.1) is 0 Å². The summed E-state index contributed by atoms with van der Waals surface area (Å²) in [6.45, 7) is 5.63. The number of aromatic amines is 1. The molecular weight excluding hydrogens is 290 g/mol. The fourth-order valence-electron chi connectivity index (χ4n) is 3.34. The normalized spacial score (nSPS) is 16.5. The Balaban J connectivity index is 1.77. The van der Waals surface area contributed by atoms with E-state index in [2.05, 4.69) is 23.0 Å². The number of amides is 1. The molecule has 5 heteroatoms. The average Bonchev–Trinajstić information content (AvgIpc) is 2.81. The monoisotopic (exact) mass is 311 g/mol. The molecule has 0 bridgehead atoms. The zero-order chi connectivity index (χ0) is 16.6. The summed E-state index contributed by atoms with van der Waals surface area (Å²) in [4.78, 5) is 33.6. The molecule has 0 aliphatic carbocycles. The predicted octanol–water partition coefficient (Wildman–Crippen LogP) is 2.30. The highest BCUT2D eigenvalue weighted by Crippen LogP contribution is 2.32. The first kappa shape index (κ1) is 15.5. The van der Waals surface area contributed by atoms with Crippen molar-refractivity contribution >= 4 is 11.6 Å². The number of carbonyl (C=O) groups excluding carboxylic acids is 1. The summed E-state index contributed by atoms with van der Waals surface area (Å²) in [5.41, 5.74) is 3.37. The van der Waals surface area contributed by atoms with E-state index < -0.39 is 0 Å². The van der Waals surface area contributed by atoms with Gasteiger partial charge in [0.15, 0.2) is 0 Å². The molecule has 120 valence electrons. The van der Waals surface area contributed by atoms with Crippen LogP contribution in [0.5, 0.6) is 0 Å². The third-order valence-electron chi connectivity index (χ3n) is 4.41. The van der Waals surface area contributed by atoms with Crippen LogP contribution in [0.4, 0.5) is 5.69 Å². The number of hydrogen-bond donors (Lipinski definition) is 1. The highest BCUT2D eigenvalue weighted by molar-refractivity contribution is 5.96. The van der Waals surface area contributed by atoms with Gasteiger partial charge in [-0.2, -0.15) is 0 Å². The van der Waals surface area contributed by atoms with Gasteiger partial charge in [-0.1, -0.05) is 18.2 Å². The van der Waals surface area contributed by atoms with Crippen LogP contribution in [0.25, 0.3) is 0 Å². The maximum atomic E-state index is 12.7. The molecule has 5 nitrogen and oxygen atoms in total. The summed E-state index contributed by atoms with van der Waals surface area (Å²) < 4.78 is 0. The van der Waals surface area contributed by atoms with Crippen molar-refractivity contribution in [3.05, 3.63) is 57.3 Å². The number of fused-ring (bicyclic) bond motifs is 1. The van der Waals surface area contributed by atoms with Crippen molar-refractivity contribution in [3.63, 3.8) is 0 Å². The van der Waals surface area contributed by atoms with Gasteiger partial charge < -0.3 is 9.88 Å². The lowest BCUT2D eigenvalue weighted by Crippen LogP contribution is -2.36. The van der Waals surface area contributed by atoms with Crippen LogP contribution in [0.15, 0.2) is 29.1 Å². The first-order valence-electron chi connectivity index (χ1n) is 7.93. The second-order valence-electron chi connectivity index (χ2n) is 6.16. The van der Waals surface area contributed by atoms with Crippen LogP contribution in [0.2, 0.25) is 0 Å². The zero-order valence-corrected chi connectivity index (χ0v) is 13.7. The number of carbonyl (C=O) groups is 1. The van der Waals surface area contributed by atoms with E-state index in [1.807, 2.05) is 30.0 Å². The van der Waals surface area contributed by atoms with Crippen LogP contribution in [0, 0.1) is 13.8 Å². The SMILES string of the molecule is Cc1nc(C)c(CCC(=O)N2c3ccccc3C[C@@H]2C)c(=O)[nH]1. The number of rotatable bonds is 3. The molecule has 1 aromatic heterocycles. The maximum Gasteiger partial charge on any atom is 0.254 e. The summed E-state index contributed by atoms with van der Waals surface area (Å²) in [6.07, 6.45) is 1.61. The Morgan fingerprint density at radius 2 is 2.09 bits per heavy atom. The van der Waals surface area contributed by atoms with Crippen LogP contribution in [0.1, 0.15) is 36.0 Å². The van der Waals surface area contributed by atoms with Crippen LogP contribution in [-0.4, -0.2) is 21.9 Å². The lowest BCUT2D eigenvalue weighted by atomic mass is 10.1. The summed E-state index contributed by atoms with van der Waals surface area (Å²) in [5, 5.41) is 0. The highest BCUT2D eigenvalue weighted by Gasteiger charge is 2.30. The van der Waals surface area contributed by atoms with Crippen molar-refractivity contribution in [1.82, 2.24) is 9.97 Å². The second kappa shape index (κ2) is 5.99. The number of benzene rings is 1. The summed E-state index contributed by atoms with van der Waals surface area (Å²) >= 11 is 0. The Bertz CT molecular complexity index is 810. The van der Waals surface area contributed by atoms with Gasteiger partial charge in [0.2, 0.25) is 5.91 Å². The topological polar surface area (TPSA) is 66.1 Å². The molecule has 0 radical (unpaired) electrons. The molecule has 3 rings (SSSR count). The maximum absolute atomic E-state index is 12.7. The molecule has 2 heterocycles. The van der Waals surface area contributed by atoms with Crippen molar-refractivity contribution in [1.29, 1.82) is 0 Å². The summed E-state index contributed by atoms with van der Waals surface area (Å²) in [7, 11) is 0. The smallest absolute Gasteiger partial charge is 0.254 e. The minimum Gasteiger partial charge on any atom is -0.311 e. The first-order chi connectivity index (χ1) is 11.0. The Morgan fingerprint density at radius 1 is 1.35 bits per heavy atom. The molecule has 1 N–H and O–H groups in total. The fraction of sp³-hybridized carbons (Fsp3) is 0.389. The number of H-pyrrole nitrogens is 1. The number of anilines is 1. The number of hydrogen-bond acceptors (Lipinski definition) is 3. The van der Waals surface area contributed by atoms with Crippen LogP contribution in [-0.2, 0) is 17.6 Å². The lowest BCUT2D eigenvalue weighted by Gasteiger charge is -2.22. The quantitative estimate of drug-likeness (QED) is 0.946. The standard InChI is InChI=1S/C18H21N3O2/c1-11-10-14-6-4-5-7-16(14)21(11)17(22)9-8-15-12(2)19-13(3)20-18(15)23/h4-7,11H,8-10H2,1-3H3,(H,19,20,23)/t11-/m0/s1. The molecular formula is C18H21N3O2. The van der Waals surface area contributed by atoms with Crippen LogP contribution in [0.3, 0.4) is 0 Å². The van der Waals surface area contributed by atoms with Gasteiger partial charge in [0, 0.05) is 29.4 Å². The molecule has 0 unspecified atom stereocenters. The molecule has 0 saturated carbocycles. The van der Waals surface area contributed by atoms with E-state index in [-0.39, 0.29) is 17.5 Å². The molecule has 1 aliphatic rings. The van der Waals surface area contributed by atoms with E-state index in [0.29, 0.717) is 29.9 Å². The zero-order valence-electron chi connectivity index (χ0n) is 13.7. The Kier molecular flexibility index (Phi) is 4.03. The summed E-state index contributed by atoms with van der Waals surface area (Å²) in [6, 6.07) is 8.17. The van der Waals surface area contributed by atoms with Crippen molar-refractivity contribution in [3.8, 4) is 0 Å². The highest BCUT2D eigenvalue weighted by atomic mass is 16.2. The molecule has 0 fully saturated rings. The third kappa shape index (κ3) is 2.91. The van der Waals surface area contributed by atoms with Crippen molar-refractivity contribution in [2.24, 2.45) is 0 Å². The van der Waals surface area contributed by atoms with E-state index in [1.165, 1.54) is 5.56 Å². The molecule has 0 saturated heterocycles. The van der Waals surface area contributed by atoms with E-state index in [1.54, 1.807) is 6.92 Å². The fourth-order valence-corrected chi connectivity index (χ4v) is 3.34. The van der Waals surface area contributed by atoms with Gasteiger partial charge in [0.05, 0.1) is 0 Å². The van der Waals surface area contributed by atoms with Gasteiger partial charge in [-0.3, -0.25) is 9.59 Å². The number of aryl methyl sites for hydroxylation is 2. The Hall–Kier alpha value is -2.43. The van der Waals surface area contributed by atoms with Crippen molar-refractivity contribution in [2.75, 3.05) is 4.90 Å². The van der Waals surface area contributed by atoms with E-state index in [4.69, 9.17) is 0 Å². The number of nitrogens with one attached hydrogen (secondary N) is 1. The molecule has 1 amide bonds. The van der Waals surface area contributed by atoms with E-state index in [9.17, 15) is 9.59 Å². The number of nitrogens with zero attached hydrogens (tertiary/aromatic N) is 2. The van der Waals surface area contributed by atoms with Gasteiger partial charge in [0.25, 0.3) is 5.56 Å². The van der Waals surface area contributed by atoms with Gasteiger partial charge >= 0.3 is 0 Å². The number of para-hydroxylation sites is 1. The minimum atomic E-state index is -0.141.